The number of aryl methyl sites for hydroxylation is 1. The number of carbonyl (C=O) groups is 1. The summed E-state index contributed by atoms with van der Waals surface area (Å²) in [5.74, 6) is -0.182. The molecular weight excluding hydrogens is 321 g/mol. The van der Waals surface area contributed by atoms with Gasteiger partial charge in [-0.15, -0.1) is 0 Å². The molecule has 0 radical (unpaired) electrons. The van der Waals surface area contributed by atoms with Crippen LogP contribution >= 0.6 is 0 Å². The molecule has 2 aromatic rings. The third-order valence-corrected chi connectivity index (χ3v) is 4.69. The summed E-state index contributed by atoms with van der Waals surface area (Å²) in [4.78, 5) is 14.3. The third kappa shape index (κ3) is 4.33. The maximum absolute atomic E-state index is 13.1. The van der Waals surface area contributed by atoms with Gasteiger partial charge >= 0.3 is 0 Å². The standard InChI is InChI=1S/C19H22FN3O2/c1-14-12-16(20)5-6-17(14)21-19(24)13-22-10-7-15(8-11-22)18-4-2-3-9-23(18)25/h2-6,9,12,15H,7-8,10-11,13H2,1H3,(H,21,24). The van der Waals surface area contributed by atoms with Crippen molar-refractivity contribution in [2.75, 3.05) is 25.0 Å². The highest BCUT2D eigenvalue weighted by atomic mass is 19.1. The summed E-state index contributed by atoms with van der Waals surface area (Å²) in [6.45, 7) is 3.61. The zero-order valence-electron chi connectivity index (χ0n) is 14.2. The van der Waals surface area contributed by atoms with E-state index in [0.717, 1.165) is 36.4 Å². The monoisotopic (exact) mass is 343 g/mol. The lowest BCUT2D eigenvalue weighted by atomic mass is 9.93. The van der Waals surface area contributed by atoms with Gasteiger partial charge in [0.05, 0.1) is 6.54 Å². The van der Waals surface area contributed by atoms with Crippen LogP contribution < -0.4 is 10.0 Å². The lowest BCUT2D eigenvalue weighted by Crippen LogP contribution is -2.41. The van der Waals surface area contributed by atoms with Gasteiger partial charge in [0.15, 0.2) is 11.9 Å². The van der Waals surface area contributed by atoms with E-state index in [4.69, 9.17) is 0 Å². The van der Waals surface area contributed by atoms with Gasteiger partial charge in [-0.3, -0.25) is 9.69 Å². The second-order valence-electron chi connectivity index (χ2n) is 6.51. The Labute approximate surface area is 146 Å². The van der Waals surface area contributed by atoms with Crippen LogP contribution in [0.3, 0.4) is 0 Å². The van der Waals surface area contributed by atoms with Gasteiger partial charge in [-0.2, -0.15) is 4.73 Å². The molecule has 1 amide bonds. The molecule has 6 heteroatoms. The summed E-state index contributed by atoms with van der Waals surface area (Å²) in [6.07, 6.45) is 3.24. The first-order valence-corrected chi connectivity index (χ1v) is 8.49. The SMILES string of the molecule is Cc1cc(F)ccc1NC(=O)CN1CCC(c2cccc[n+]2[O-])CC1. The number of piperidine rings is 1. The van der Waals surface area contributed by atoms with Crippen LogP contribution in [-0.4, -0.2) is 30.4 Å². The molecule has 132 valence electrons. The lowest BCUT2D eigenvalue weighted by molar-refractivity contribution is -0.616. The average molecular weight is 343 g/mol. The number of carbonyl (C=O) groups excluding carboxylic acids is 1. The Morgan fingerprint density at radius 1 is 1.32 bits per heavy atom. The molecule has 0 spiro atoms. The quantitative estimate of drug-likeness (QED) is 0.686. The van der Waals surface area contributed by atoms with Gasteiger partial charge in [-0.25, -0.2) is 4.39 Å². The number of rotatable bonds is 4. The van der Waals surface area contributed by atoms with E-state index in [2.05, 4.69) is 10.2 Å². The molecule has 1 N–H and O–H groups in total. The second-order valence-corrected chi connectivity index (χ2v) is 6.51. The van der Waals surface area contributed by atoms with Crippen LogP contribution in [0.2, 0.25) is 0 Å². The van der Waals surface area contributed by atoms with Gasteiger partial charge in [0.2, 0.25) is 5.91 Å². The topological polar surface area (TPSA) is 59.3 Å². The minimum absolute atomic E-state index is 0.105. The number of amides is 1. The summed E-state index contributed by atoms with van der Waals surface area (Å²) < 4.78 is 14.1. The molecule has 0 atom stereocenters. The van der Waals surface area contributed by atoms with Gasteiger partial charge in [0.25, 0.3) is 0 Å². The molecule has 1 aliphatic rings. The van der Waals surface area contributed by atoms with Crippen molar-refractivity contribution >= 4 is 11.6 Å². The summed E-state index contributed by atoms with van der Waals surface area (Å²) >= 11 is 0. The molecule has 0 aliphatic carbocycles. The number of nitrogens with zero attached hydrogens (tertiary/aromatic N) is 2. The molecule has 1 fully saturated rings. The van der Waals surface area contributed by atoms with E-state index in [1.165, 1.54) is 18.3 Å². The number of hydrogen-bond donors (Lipinski definition) is 1. The largest absolute Gasteiger partial charge is 0.618 e. The minimum Gasteiger partial charge on any atom is -0.618 e. The van der Waals surface area contributed by atoms with Crippen LogP contribution in [0.1, 0.15) is 30.0 Å². The predicted octanol–water partition coefficient (Wildman–Crippen LogP) is 2.59. The number of benzene rings is 1. The number of likely N-dealkylation sites (tertiary alicyclic amines) is 1. The highest BCUT2D eigenvalue weighted by molar-refractivity contribution is 5.92. The van der Waals surface area contributed by atoms with Crippen LogP contribution in [0, 0.1) is 17.9 Å². The van der Waals surface area contributed by atoms with Crippen LogP contribution in [0.5, 0.6) is 0 Å². The van der Waals surface area contributed by atoms with Crippen molar-refractivity contribution in [3.05, 3.63) is 64.9 Å². The smallest absolute Gasteiger partial charge is 0.238 e. The van der Waals surface area contributed by atoms with Gasteiger partial charge < -0.3 is 10.5 Å². The molecule has 25 heavy (non-hydrogen) atoms. The van der Waals surface area contributed by atoms with Gasteiger partial charge in [0, 0.05) is 23.7 Å². The maximum Gasteiger partial charge on any atom is 0.238 e. The van der Waals surface area contributed by atoms with Crippen LogP contribution in [0.25, 0.3) is 0 Å². The molecule has 5 nitrogen and oxygen atoms in total. The highest BCUT2D eigenvalue weighted by Crippen LogP contribution is 2.25. The molecule has 0 unspecified atom stereocenters. The predicted molar refractivity (Wildman–Crippen MR) is 93.6 cm³/mol. The summed E-state index contributed by atoms with van der Waals surface area (Å²) in [5.41, 5.74) is 2.14. The summed E-state index contributed by atoms with van der Waals surface area (Å²) in [6, 6.07) is 9.81. The molecule has 3 rings (SSSR count). The lowest BCUT2D eigenvalue weighted by Gasteiger charge is -2.30. The van der Waals surface area contributed by atoms with E-state index in [0.29, 0.717) is 17.8 Å². The summed E-state index contributed by atoms with van der Waals surface area (Å²) in [7, 11) is 0. The number of aromatic nitrogens is 1. The van der Waals surface area contributed by atoms with Crippen molar-refractivity contribution < 1.29 is 13.9 Å². The average Bonchev–Trinajstić information content (AvgIpc) is 2.59. The Morgan fingerprint density at radius 3 is 2.76 bits per heavy atom. The highest BCUT2D eigenvalue weighted by Gasteiger charge is 2.26. The molecular formula is C19H22FN3O2. The van der Waals surface area contributed by atoms with E-state index < -0.39 is 0 Å². The number of nitrogens with one attached hydrogen (secondary N) is 1. The zero-order chi connectivity index (χ0) is 17.8. The first kappa shape index (κ1) is 17.4. The first-order chi connectivity index (χ1) is 12.0. The van der Waals surface area contributed by atoms with Gasteiger partial charge in [-0.1, -0.05) is 6.07 Å². The van der Waals surface area contributed by atoms with E-state index in [1.807, 2.05) is 12.1 Å². The van der Waals surface area contributed by atoms with Crippen LogP contribution in [0.15, 0.2) is 42.6 Å². The molecule has 1 saturated heterocycles. The Morgan fingerprint density at radius 2 is 2.08 bits per heavy atom. The van der Waals surface area contributed by atoms with Crippen molar-refractivity contribution in [1.82, 2.24) is 4.90 Å². The number of pyridine rings is 1. The fourth-order valence-electron chi connectivity index (χ4n) is 3.30. The third-order valence-electron chi connectivity index (χ3n) is 4.69. The normalized spacial score (nSPS) is 15.9. The number of anilines is 1. The molecule has 1 aromatic heterocycles. The molecule has 0 saturated carbocycles. The fourth-order valence-corrected chi connectivity index (χ4v) is 3.30. The van der Waals surface area contributed by atoms with E-state index >= 15 is 0 Å². The summed E-state index contributed by atoms with van der Waals surface area (Å²) in [5, 5.41) is 14.7. The zero-order valence-corrected chi connectivity index (χ0v) is 14.2. The first-order valence-electron chi connectivity index (χ1n) is 8.49. The molecule has 2 heterocycles. The Hall–Kier alpha value is -2.47. The number of halogens is 1. The molecule has 0 bridgehead atoms. The Balaban J connectivity index is 1.52. The van der Waals surface area contributed by atoms with Crippen LogP contribution in [-0.2, 0) is 4.79 Å². The van der Waals surface area contributed by atoms with Crippen molar-refractivity contribution in [2.45, 2.75) is 25.7 Å². The van der Waals surface area contributed by atoms with Crippen molar-refractivity contribution in [2.24, 2.45) is 0 Å². The Kier molecular flexibility index (Phi) is 5.28. The number of hydrogen-bond acceptors (Lipinski definition) is 3. The van der Waals surface area contributed by atoms with Crippen molar-refractivity contribution in [1.29, 1.82) is 0 Å². The minimum atomic E-state index is -0.311. The fraction of sp³-hybridized carbons (Fsp3) is 0.368. The van der Waals surface area contributed by atoms with Crippen LogP contribution in [0.4, 0.5) is 10.1 Å². The van der Waals surface area contributed by atoms with E-state index in [1.54, 1.807) is 19.1 Å². The van der Waals surface area contributed by atoms with Gasteiger partial charge in [-0.05, 0) is 56.6 Å². The molecule has 1 aliphatic heterocycles. The maximum atomic E-state index is 13.1. The van der Waals surface area contributed by atoms with E-state index in [-0.39, 0.29) is 17.6 Å². The van der Waals surface area contributed by atoms with Crippen molar-refractivity contribution in [3.63, 3.8) is 0 Å². The van der Waals surface area contributed by atoms with E-state index in [9.17, 15) is 14.4 Å². The Bertz CT molecular complexity index is 758. The van der Waals surface area contributed by atoms with Gasteiger partial charge in [0.1, 0.15) is 5.82 Å². The molecule has 1 aromatic carbocycles. The second kappa shape index (κ2) is 7.61. The van der Waals surface area contributed by atoms with Crippen molar-refractivity contribution in [3.8, 4) is 0 Å².